The van der Waals surface area contributed by atoms with E-state index in [0.29, 0.717) is 0 Å². The lowest BCUT2D eigenvalue weighted by Crippen LogP contribution is -2.01. The van der Waals surface area contributed by atoms with Crippen LogP contribution in [0.2, 0.25) is 0 Å². The third kappa shape index (κ3) is 0.375. The van der Waals surface area contributed by atoms with Crippen molar-refractivity contribution < 1.29 is 14.9 Å². The third-order valence-electron chi connectivity index (χ3n) is 1.45. The van der Waals surface area contributed by atoms with Crippen molar-refractivity contribution in [1.82, 2.24) is 0 Å². The smallest absolute Gasteiger partial charge is 0.204 e. The van der Waals surface area contributed by atoms with E-state index in [1.54, 1.807) is 0 Å². The first kappa shape index (κ1) is 5.22. The molecule has 0 saturated carbocycles. The van der Waals surface area contributed by atoms with Gasteiger partial charge in [0, 0.05) is 6.07 Å². The fraction of sp³-hybridized carbons (Fsp3) is 0. The number of phenols is 2. The van der Waals surface area contributed by atoms with Gasteiger partial charge in [0.25, 0.3) is 0 Å². The number of anilines is 1. The van der Waals surface area contributed by atoms with Crippen LogP contribution in [0.25, 0.3) is 0 Å². The number of nitrogens with two attached hydrogens (primary N) is 1. The second-order valence-electron chi connectivity index (χ2n) is 2.09. The van der Waals surface area contributed by atoms with Crippen LogP contribution in [0.1, 0.15) is 0 Å². The Morgan fingerprint density at radius 3 is 2.50 bits per heavy atom. The minimum absolute atomic E-state index is 0.0234. The van der Waals surface area contributed by atoms with Crippen LogP contribution in [-0.2, 0) is 0 Å². The van der Waals surface area contributed by atoms with E-state index in [-0.39, 0.29) is 28.7 Å². The summed E-state index contributed by atoms with van der Waals surface area (Å²) in [5.74, 6) is 0.432. The SMILES string of the molecule is Nc1c(O)cc2c(O)c1O2. The fourth-order valence-corrected chi connectivity index (χ4v) is 0.871. The first-order valence-electron chi connectivity index (χ1n) is 2.72. The summed E-state index contributed by atoms with van der Waals surface area (Å²) in [6.45, 7) is 0. The number of aromatic hydroxyl groups is 2. The highest BCUT2D eigenvalue weighted by molar-refractivity contribution is 5.78. The molecular weight excluding hydrogens is 134 g/mol. The van der Waals surface area contributed by atoms with E-state index < -0.39 is 0 Å². The highest BCUT2D eigenvalue weighted by Gasteiger charge is 2.27. The van der Waals surface area contributed by atoms with Gasteiger partial charge in [0.15, 0.2) is 11.5 Å². The zero-order valence-electron chi connectivity index (χ0n) is 4.96. The number of phenolic OH excluding ortho intramolecular Hbond substituents is 2. The van der Waals surface area contributed by atoms with Crippen molar-refractivity contribution in [3.8, 4) is 23.0 Å². The van der Waals surface area contributed by atoms with Gasteiger partial charge in [0.05, 0.1) is 0 Å². The molecule has 2 aliphatic rings. The van der Waals surface area contributed by atoms with Crippen LogP contribution in [0.3, 0.4) is 0 Å². The third-order valence-corrected chi connectivity index (χ3v) is 1.45. The summed E-state index contributed by atoms with van der Waals surface area (Å²) in [6.07, 6.45) is 0. The molecule has 1 aromatic carbocycles. The van der Waals surface area contributed by atoms with Gasteiger partial charge in [-0.3, -0.25) is 0 Å². The van der Waals surface area contributed by atoms with Crippen molar-refractivity contribution in [2.75, 3.05) is 5.73 Å². The molecule has 0 saturated heterocycles. The summed E-state index contributed by atoms with van der Waals surface area (Å²) in [4.78, 5) is 0. The molecule has 2 aliphatic heterocycles. The van der Waals surface area contributed by atoms with Gasteiger partial charge in [-0.05, 0) is 0 Å². The zero-order valence-corrected chi connectivity index (χ0v) is 4.96. The molecule has 0 amide bonds. The second kappa shape index (κ2) is 1.29. The van der Waals surface area contributed by atoms with Gasteiger partial charge in [0.2, 0.25) is 5.75 Å². The van der Waals surface area contributed by atoms with Gasteiger partial charge in [-0.25, -0.2) is 0 Å². The molecule has 52 valence electrons. The molecule has 0 fully saturated rings. The first-order chi connectivity index (χ1) is 4.70. The molecule has 4 nitrogen and oxygen atoms in total. The van der Waals surface area contributed by atoms with Gasteiger partial charge in [-0.15, -0.1) is 0 Å². The Morgan fingerprint density at radius 1 is 1.40 bits per heavy atom. The van der Waals surface area contributed by atoms with E-state index in [2.05, 4.69) is 0 Å². The first-order valence-corrected chi connectivity index (χ1v) is 2.72. The summed E-state index contributed by atoms with van der Waals surface area (Å²) in [7, 11) is 0. The Balaban J connectivity index is 2.74. The van der Waals surface area contributed by atoms with E-state index in [4.69, 9.17) is 20.7 Å². The van der Waals surface area contributed by atoms with Crippen molar-refractivity contribution >= 4 is 5.69 Å². The zero-order chi connectivity index (χ0) is 7.30. The molecule has 0 aromatic heterocycles. The van der Waals surface area contributed by atoms with Crippen LogP contribution in [0.15, 0.2) is 6.07 Å². The van der Waals surface area contributed by atoms with E-state index in [1.165, 1.54) is 6.07 Å². The molecule has 3 rings (SSSR count). The average molecular weight is 139 g/mol. The normalized spacial score (nSPS) is 12.0. The minimum atomic E-state index is -0.0472. The van der Waals surface area contributed by atoms with E-state index in [1.807, 2.05) is 0 Å². The molecule has 0 atom stereocenters. The average Bonchev–Trinajstić information content (AvgIpc) is 1.92. The second-order valence-corrected chi connectivity index (χ2v) is 2.09. The van der Waals surface area contributed by atoms with Gasteiger partial charge in [0.1, 0.15) is 11.4 Å². The van der Waals surface area contributed by atoms with E-state index >= 15 is 0 Å². The van der Waals surface area contributed by atoms with Crippen molar-refractivity contribution in [1.29, 1.82) is 0 Å². The number of hydrogen-bond acceptors (Lipinski definition) is 4. The highest BCUT2D eigenvalue weighted by atomic mass is 16.5. The molecular formula is C6H5NO3. The van der Waals surface area contributed by atoms with Crippen molar-refractivity contribution in [3.05, 3.63) is 6.07 Å². The summed E-state index contributed by atoms with van der Waals surface area (Å²) >= 11 is 0. The Morgan fingerprint density at radius 2 is 2.10 bits per heavy atom. The minimum Gasteiger partial charge on any atom is -0.505 e. The van der Waals surface area contributed by atoms with E-state index in [9.17, 15) is 0 Å². The quantitative estimate of drug-likeness (QED) is 0.286. The van der Waals surface area contributed by atoms with Gasteiger partial charge < -0.3 is 20.7 Å². The molecule has 0 unspecified atom stereocenters. The fourth-order valence-electron chi connectivity index (χ4n) is 0.871. The van der Waals surface area contributed by atoms with Gasteiger partial charge in [-0.2, -0.15) is 0 Å². The summed E-state index contributed by atoms with van der Waals surface area (Å²) in [5.41, 5.74) is 5.38. The summed E-state index contributed by atoms with van der Waals surface area (Å²) in [5, 5.41) is 17.9. The van der Waals surface area contributed by atoms with Crippen LogP contribution in [-0.4, -0.2) is 10.2 Å². The van der Waals surface area contributed by atoms with Gasteiger partial charge in [-0.1, -0.05) is 0 Å². The summed E-state index contributed by atoms with van der Waals surface area (Å²) < 4.78 is 4.82. The lowest BCUT2D eigenvalue weighted by Gasteiger charge is -2.21. The maximum Gasteiger partial charge on any atom is 0.204 e. The maximum absolute atomic E-state index is 8.98. The largest absolute Gasteiger partial charge is 0.505 e. The van der Waals surface area contributed by atoms with Crippen molar-refractivity contribution in [2.24, 2.45) is 0 Å². The number of benzene rings is 1. The monoisotopic (exact) mass is 139 g/mol. The molecule has 10 heavy (non-hydrogen) atoms. The number of ether oxygens (including phenoxy) is 1. The molecule has 4 N–H and O–H groups in total. The van der Waals surface area contributed by atoms with Crippen molar-refractivity contribution in [2.45, 2.75) is 0 Å². The lowest BCUT2D eigenvalue weighted by atomic mass is 10.2. The van der Waals surface area contributed by atoms with Crippen molar-refractivity contribution in [3.63, 3.8) is 0 Å². The number of rotatable bonds is 0. The molecule has 2 bridgehead atoms. The van der Waals surface area contributed by atoms with Crippen LogP contribution < -0.4 is 10.5 Å². The number of hydrogen-bond donors (Lipinski definition) is 3. The van der Waals surface area contributed by atoms with Crippen LogP contribution in [0.5, 0.6) is 23.0 Å². The molecule has 1 aromatic rings. The number of fused-ring (bicyclic) bond motifs is 2. The maximum atomic E-state index is 8.98. The van der Waals surface area contributed by atoms with Gasteiger partial charge >= 0.3 is 0 Å². The Kier molecular flexibility index (Phi) is 0.672. The molecule has 2 heterocycles. The van der Waals surface area contributed by atoms with Crippen LogP contribution in [0.4, 0.5) is 5.69 Å². The number of nitrogen functional groups attached to an aromatic ring is 1. The predicted molar refractivity (Wildman–Crippen MR) is 34.3 cm³/mol. The summed E-state index contributed by atoms with van der Waals surface area (Å²) in [6, 6.07) is 1.28. The predicted octanol–water partition coefficient (Wildman–Crippen LogP) is 0.786. The standard InChI is InChI=1S/C6H5NO3/c7-4-2(8)1-3-5(9)6(4)10-3/h1,8-9H,7H2. The molecule has 0 spiro atoms. The van der Waals surface area contributed by atoms with E-state index in [0.717, 1.165) is 0 Å². The Labute approximate surface area is 56.5 Å². The van der Waals surface area contributed by atoms with Crippen LogP contribution in [0, 0.1) is 0 Å². The highest BCUT2D eigenvalue weighted by Crippen LogP contribution is 2.56. The molecule has 0 aliphatic carbocycles. The molecule has 0 radical (unpaired) electrons. The molecule has 4 heteroatoms. The Hall–Kier alpha value is -1.58. The van der Waals surface area contributed by atoms with Crippen LogP contribution >= 0.6 is 0 Å². The Bertz CT molecular complexity index is 299. The lowest BCUT2D eigenvalue weighted by molar-refractivity contribution is 0.329. The topological polar surface area (TPSA) is 75.7 Å².